The summed E-state index contributed by atoms with van der Waals surface area (Å²) in [6.07, 6.45) is 0.819. The molecule has 0 aliphatic carbocycles. The molecule has 0 saturated heterocycles. The van der Waals surface area contributed by atoms with Crippen LogP contribution in [0.1, 0.15) is 28.2 Å². The fraction of sp³-hybridized carbons (Fsp3) is 0.316. The Bertz CT molecular complexity index is 914. The lowest BCUT2D eigenvalue weighted by molar-refractivity contribution is 0.0945. The zero-order chi connectivity index (χ0) is 19.8. The number of aryl methyl sites for hydroxylation is 1. The lowest BCUT2D eigenvalue weighted by Gasteiger charge is -2.09. The Morgan fingerprint density at radius 2 is 2.11 bits per heavy atom. The largest absolute Gasteiger partial charge is 0.493 e. The highest BCUT2D eigenvalue weighted by atomic mass is 16.5. The van der Waals surface area contributed by atoms with Crippen LogP contribution >= 0.6 is 0 Å². The number of aromatic nitrogens is 5. The van der Waals surface area contributed by atoms with Crippen LogP contribution in [0.5, 0.6) is 5.75 Å². The molecule has 9 heteroatoms. The van der Waals surface area contributed by atoms with E-state index in [1.807, 2.05) is 31.2 Å². The first-order valence-corrected chi connectivity index (χ1v) is 8.87. The number of aromatic amines is 1. The maximum Gasteiger partial charge on any atom is 0.270 e. The molecule has 3 rings (SSSR count). The number of carbonyl (C=O) groups excluding carboxylic acids is 1. The molecule has 1 amide bonds. The van der Waals surface area contributed by atoms with Crippen LogP contribution in [-0.4, -0.2) is 51.8 Å². The van der Waals surface area contributed by atoms with Crippen LogP contribution < -0.4 is 10.1 Å². The van der Waals surface area contributed by atoms with E-state index in [1.165, 1.54) is 0 Å². The van der Waals surface area contributed by atoms with Crippen LogP contribution in [0.2, 0.25) is 0 Å². The molecule has 0 radical (unpaired) electrons. The van der Waals surface area contributed by atoms with Crippen molar-refractivity contribution in [3.8, 4) is 17.1 Å². The third-order valence-corrected chi connectivity index (χ3v) is 3.90. The zero-order valence-electron chi connectivity index (χ0n) is 15.8. The first kappa shape index (κ1) is 19.4. The number of tetrazole rings is 1. The van der Waals surface area contributed by atoms with Crippen molar-refractivity contribution in [3.63, 3.8) is 0 Å². The van der Waals surface area contributed by atoms with Crippen LogP contribution in [0.15, 0.2) is 36.4 Å². The highest BCUT2D eigenvalue weighted by Gasteiger charge is 2.12. The normalized spacial score (nSPS) is 10.6. The van der Waals surface area contributed by atoms with Gasteiger partial charge < -0.3 is 14.8 Å². The van der Waals surface area contributed by atoms with Crippen molar-refractivity contribution in [1.29, 1.82) is 0 Å². The second-order valence-electron chi connectivity index (χ2n) is 6.14. The SMILES string of the molecule is COCCCOc1cccc(CNC(=O)c2cc(-c3nn[nH]n3)cc(C)n2)c1. The Labute approximate surface area is 162 Å². The van der Waals surface area contributed by atoms with Gasteiger partial charge in [0.05, 0.1) is 6.61 Å². The number of carbonyl (C=O) groups is 1. The average Bonchev–Trinajstić information content (AvgIpc) is 3.24. The van der Waals surface area contributed by atoms with E-state index < -0.39 is 0 Å². The van der Waals surface area contributed by atoms with E-state index in [2.05, 4.69) is 30.9 Å². The van der Waals surface area contributed by atoms with E-state index in [0.717, 1.165) is 17.7 Å². The monoisotopic (exact) mass is 382 g/mol. The van der Waals surface area contributed by atoms with Crippen molar-refractivity contribution >= 4 is 5.91 Å². The summed E-state index contributed by atoms with van der Waals surface area (Å²) in [4.78, 5) is 16.8. The number of pyridine rings is 1. The molecule has 9 nitrogen and oxygen atoms in total. The number of amides is 1. The van der Waals surface area contributed by atoms with Crippen LogP contribution in [-0.2, 0) is 11.3 Å². The minimum absolute atomic E-state index is 0.278. The molecule has 0 saturated carbocycles. The minimum atomic E-state index is -0.278. The third-order valence-electron chi connectivity index (χ3n) is 3.90. The van der Waals surface area contributed by atoms with E-state index >= 15 is 0 Å². The molecule has 0 aliphatic rings. The summed E-state index contributed by atoms with van der Waals surface area (Å²) in [5.41, 5.74) is 2.60. The number of rotatable bonds is 9. The summed E-state index contributed by atoms with van der Waals surface area (Å²) in [5, 5.41) is 16.7. The Balaban J connectivity index is 1.61. The summed E-state index contributed by atoms with van der Waals surface area (Å²) in [5.74, 6) is 0.897. The van der Waals surface area contributed by atoms with Gasteiger partial charge in [-0.25, -0.2) is 4.98 Å². The molecule has 0 fully saturated rings. The number of benzene rings is 1. The van der Waals surface area contributed by atoms with Gasteiger partial charge in [0.2, 0.25) is 5.82 Å². The first-order valence-electron chi connectivity index (χ1n) is 8.87. The number of methoxy groups -OCH3 is 1. The van der Waals surface area contributed by atoms with E-state index in [4.69, 9.17) is 9.47 Å². The smallest absolute Gasteiger partial charge is 0.270 e. The minimum Gasteiger partial charge on any atom is -0.493 e. The standard InChI is InChI=1S/C19H22N6O3/c1-13-9-15(18-22-24-25-23-18)11-17(21-13)19(26)20-12-14-5-3-6-16(10-14)28-8-4-7-27-2/h3,5-6,9-11H,4,7-8,12H2,1-2H3,(H,20,26)(H,22,23,24,25). The van der Waals surface area contributed by atoms with Crippen molar-refractivity contribution in [2.45, 2.75) is 19.9 Å². The maximum atomic E-state index is 12.5. The molecule has 28 heavy (non-hydrogen) atoms. The number of hydrogen-bond donors (Lipinski definition) is 2. The zero-order valence-corrected chi connectivity index (χ0v) is 15.8. The van der Waals surface area contributed by atoms with Crippen LogP contribution in [0.4, 0.5) is 0 Å². The topological polar surface area (TPSA) is 115 Å². The lowest BCUT2D eigenvalue weighted by atomic mass is 10.1. The quantitative estimate of drug-likeness (QED) is 0.543. The van der Waals surface area contributed by atoms with Crippen LogP contribution in [0.25, 0.3) is 11.4 Å². The fourth-order valence-electron chi connectivity index (χ4n) is 2.61. The number of nitrogens with zero attached hydrogens (tertiary/aromatic N) is 4. The molecule has 2 N–H and O–H groups in total. The molecule has 0 bridgehead atoms. The van der Waals surface area contributed by atoms with Gasteiger partial charge in [0.25, 0.3) is 5.91 Å². The molecule has 146 valence electrons. The Morgan fingerprint density at radius 1 is 1.21 bits per heavy atom. The van der Waals surface area contributed by atoms with Gasteiger partial charge in [0.15, 0.2) is 0 Å². The summed E-state index contributed by atoms with van der Waals surface area (Å²) in [7, 11) is 1.66. The molecule has 1 aromatic carbocycles. The predicted molar refractivity (Wildman–Crippen MR) is 102 cm³/mol. The van der Waals surface area contributed by atoms with E-state index in [-0.39, 0.29) is 5.91 Å². The number of H-pyrrole nitrogens is 1. The first-order chi connectivity index (χ1) is 13.7. The summed E-state index contributed by atoms with van der Waals surface area (Å²) in [6.45, 7) is 3.41. The van der Waals surface area contributed by atoms with Gasteiger partial charge in [-0.3, -0.25) is 4.79 Å². The Morgan fingerprint density at radius 3 is 2.89 bits per heavy atom. The van der Waals surface area contributed by atoms with Crippen LogP contribution in [0, 0.1) is 6.92 Å². The van der Waals surface area contributed by atoms with Crippen molar-refractivity contribution < 1.29 is 14.3 Å². The summed E-state index contributed by atoms with van der Waals surface area (Å²) >= 11 is 0. The van der Waals surface area contributed by atoms with Gasteiger partial charge >= 0.3 is 0 Å². The van der Waals surface area contributed by atoms with E-state index in [9.17, 15) is 4.79 Å². The predicted octanol–water partition coefficient (Wildman–Crippen LogP) is 1.92. The number of nitrogens with one attached hydrogen (secondary N) is 2. The molecular weight excluding hydrogens is 360 g/mol. The molecule has 2 heterocycles. The fourth-order valence-corrected chi connectivity index (χ4v) is 2.61. The third kappa shape index (κ3) is 5.34. The maximum absolute atomic E-state index is 12.5. The van der Waals surface area contributed by atoms with Crippen molar-refractivity contribution in [2.24, 2.45) is 0 Å². The molecule has 3 aromatic rings. The molecule has 0 atom stereocenters. The van der Waals surface area contributed by atoms with Gasteiger partial charge in [-0.1, -0.05) is 12.1 Å². The Kier molecular flexibility index (Phi) is 6.64. The molecule has 0 unspecified atom stereocenters. The van der Waals surface area contributed by atoms with Crippen LogP contribution in [0.3, 0.4) is 0 Å². The van der Waals surface area contributed by atoms with Crippen molar-refractivity contribution in [1.82, 2.24) is 30.9 Å². The lowest BCUT2D eigenvalue weighted by Crippen LogP contribution is -2.24. The molecular formula is C19H22N6O3. The second-order valence-corrected chi connectivity index (χ2v) is 6.14. The number of ether oxygens (including phenoxy) is 2. The molecule has 2 aromatic heterocycles. The second kappa shape index (κ2) is 9.56. The summed E-state index contributed by atoms with van der Waals surface area (Å²) < 4.78 is 10.7. The van der Waals surface area contributed by atoms with E-state index in [1.54, 1.807) is 19.2 Å². The van der Waals surface area contributed by atoms with Gasteiger partial charge in [-0.2, -0.15) is 5.21 Å². The van der Waals surface area contributed by atoms with Gasteiger partial charge in [-0.05, 0) is 42.0 Å². The van der Waals surface area contributed by atoms with Gasteiger partial charge in [-0.15, -0.1) is 10.2 Å². The molecule has 0 spiro atoms. The van der Waals surface area contributed by atoms with Gasteiger partial charge in [0.1, 0.15) is 11.4 Å². The van der Waals surface area contributed by atoms with E-state index in [0.29, 0.717) is 42.5 Å². The van der Waals surface area contributed by atoms with Gasteiger partial charge in [0, 0.05) is 37.9 Å². The average molecular weight is 382 g/mol. The highest BCUT2D eigenvalue weighted by Crippen LogP contribution is 2.16. The summed E-state index contributed by atoms with van der Waals surface area (Å²) in [6, 6.07) is 11.1. The number of hydrogen-bond acceptors (Lipinski definition) is 7. The van der Waals surface area contributed by atoms with Crippen molar-refractivity contribution in [2.75, 3.05) is 20.3 Å². The Hall–Kier alpha value is -3.33. The molecule has 0 aliphatic heterocycles. The van der Waals surface area contributed by atoms with Crippen molar-refractivity contribution in [3.05, 3.63) is 53.3 Å². The highest BCUT2D eigenvalue weighted by molar-refractivity contribution is 5.93.